The third-order valence-corrected chi connectivity index (χ3v) is 4.37. The average molecular weight is 335 g/mol. The van der Waals surface area contributed by atoms with Crippen LogP contribution in [0.2, 0.25) is 5.02 Å². The quantitative estimate of drug-likeness (QED) is 0.802. The van der Waals surface area contributed by atoms with E-state index in [9.17, 15) is 9.90 Å². The van der Waals surface area contributed by atoms with Gasteiger partial charge in [-0.15, -0.1) is 0 Å². The lowest BCUT2D eigenvalue weighted by Crippen LogP contribution is -2.41. The van der Waals surface area contributed by atoms with Gasteiger partial charge in [0.25, 0.3) is 0 Å². The van der Waals surface area contributed by atoms with Crippen LogP contribution in [-0.2, 0) is 6.42 Å². The van der Waals surface area contributed by atoms with E-state index in [4.69, 9.17) is 16.0 Å². The lowest BCUT2D eigenvalue weighted by Gasteiger charge is -2.24. The number of fused-ring (bicyclic) bond motifs is 1. The van der Waals surface area contributed by atoms with Gasteiger partial charge in [-0.1, -0.05) is 23.7 Å². The molecule has 0 spiro atoms. The van der Waals surface area contributed by atoms with Crippen LogP contribution in [0.4, 0.5) is 4.79 Å². The molecule has 6 heteroatoms. The van der Waals surface area contributed by atoms with Gasteiger partial charge in [-0.05, 0) is 36.6 Å². The van der Waals surface area contributed by atoms with Crippen LogP contribution < -0.4 is 10.6 Å². The lowest BCUT2D eigenvalue weighted by molar-refractivity contribution is 0.213. The summed E-state index contributed by atoms with van der Waals surface area (Å²) >= 11 is 5.86. The van der Waals surface area contributed by atoms with Gasteiger partial charge < -0.3 is 20.2 Å². The van der Waals surface area contributed by atoms with Gasteiger partial charge in [-0.3, -0.25) is 0 Å². The average Bonchev–Trinajstić information content (AvgIpc) is 3.03. The predicted octanol–water partition coefficient (Wildman–Crippen LogP) is 3.34. The maximum atomic E-state index is 12.3. The number of aryl methyl sites for hydroxylation is 1. The smallest absolute Gasteiger partial charge is 0.315 e. The van der Waals surface area contributed by atoms with E-state index < -0.39 is 6.04 Å². The topological polar surface area (TPSA) is 74.5 Å². The van der Waals surface area contributed by atoms with E-state index in [1.165, 1.54) is 0 Å². The zero-order chi connectivity index (χ0) is 16.2. The number of benzene rings is 1. The van der Waals surface area contributed by atoms with Crippen molar-refractivity contribution in [3.8, 4) is 0 Å². The summed E-state index contributed by atoms with van der Waals surface area (Å²) in [7, 11) is 0. The number of hydrogen-bond donors (Lipinski definition) is 3. The van der Waals surface area contributed by atoms with E-state index in [0.717, 1.165) is 36.1 Å². The van der Waals surface area contributed by atoms with Crippen molar-refractivity contribution < 1.29 is 14.3 Å². The Morgan fingerprint density at radius 3 is 2.87 bits per heavy atom. The fourth-order valence-corrected chi connectivity index (χ4v) is 3.05. The number of halogens is 1. The first-order valence-corrected chi connectivity index (χ1v) is 8.05. The van der Waals surface area contributed by atoms with E-state index in [1.807, 2.05) is 6.07 Å². The van der Waals surface area contributed by atoms with Gasteiger partial charge in [0.05, 0.1) is 25.0 Å². The molecule has 2 atom stereocenters. The van der Waals surface area contributed by atoms with Crippen molar-refractivity contribution in [2.24, 2.45) is 0 Å². The Balaban J connectivity index is 1.64. The van der Waals surface area contributed by atoms with Crippen LogP contribution in [0.3, 0.4) is 0 Å². The maximum absolute atomic E-state index is 12.3. The van der Waals surface area contributed by atoms with Gasteiger partial charge in [-0.25, -0.2) is 4.79 Å². The second kappa shape index (κ2) is 7.06. The Kier molecular flexibility index (Phi) is 4.88. The molecule has 1 aromatic carbocycles. The molecule has 0 saturated carbocycles. The van der Waals surface area contributed by atoms with E-state index in [1.54, 1.807) is 30.5 Å². The fraction of sp³-hybridized carbons (Fsp3) is 0.353. The molecular weight excluding hydrogens is 316 g/mol. The van der Waals surface area contributed by atoms with Gasteiger partial charge >= 0.3 is 6.03 Å². The van der Waals surface area contributed by atoms with Gasteiger partial charge in [0.15, 0.2) is 0 Å². The summed E-state index contributed by atoms with van der Waals surface area (Å²) in [5.74, 6) is 0.943. The molecule has 0 fully saturated rings. The summed E-state index contributed by atoms with van der Waals surface area (Å²) in [5, 5.41) is 15.9. The highest BCUT2D eigenvalue weighted by molar-refractivity contribution is 6.30. The largest absolute Gasteiger partial charge is 0.469 e. The first-order valence-electron chi connectivity index (χ1n) is 7.67. The summed E-state index contributed by atoms with van der Waals surface area (Å²) in [6.45, 7) is -0.184. The van der Waals surface area contributed by atoms with Crippen molar-refractivity contribution in [1.29, 1.82) is 0 Å². The number of urea groups is 1. The summed E-state index contributed by atoms with van der Waals surface area (Å²) in [6, 6.07) is 8.12. The van der Waals surface area contributed by atoms with Crippen LogP contribution in [0.25, 0.3) is 0 Å². The SMILES string of the molecule is O=C(NC(CO)c1ccc(Cl)cc1)NC1CCCc2occc21. The normalized spacial score (nSPS) is 18.1. The zero-order valence-corrected chi connectivity index (χ0v) is 13.3. The van der Waals surface area contributed by atoms with Crippen LogP contribution >= 0.6 is 11.6 Å². The molecule has 1 aromatic heterocycles. The number of amides is 2. The molecular formula is C17H19ClN2O3. The summed E-state index contributed by atoms with van der Waals surface area (Å²) in [4.78, 5) is 12.3. The molecule has 122 valence electrons. The molecule has 3 N–H and O–H groups in total. The van der Waals surface area contributed by atoms with E-state index in [0.29, 0.717) is 5.02 Å². The fourth-order valence-electron chi connectivity index (χ4n) is 2.92. The minimum absolute atomic E-state index is 0.0536. The minimum atomic E-state index is -0.473. The van der Waals surface area contributed by atoms with Crippen molar-refractivity contribution in [1.82, 2.24) is 10.6 Å². The van der Waals surface area contributed by atoms with Crippen LogP contribution in [0.1, 0.15) is 41.8 Å². The van der Waals surface area contributed by atoms with Crippen molar-refractivity contribution in [3.05, 3.63) is 58.5 Å². The molecule has 0 radical (unpaired) electrons. The summed E-state index contributed by atoms with van der Waals surface area (Å²) < 4.78 is 5.43. The monoisotopic (exact) mass is 334 g/mol. The Labute approximate surface area is 139 Å². The number of aliphatic hydroxyl groups is 1. The first kappa shape index (κ1) is 15.9. The molecule has 2 unspecified atom stereocenters. The number of rotatable bonds is 4. The Hall–Kier alpha value is -1.98. The highest BCUT2D eigenvalue weighted by Gasteiger charge is 2.24. The molecule has 0 aliphatic heterocycles. The molecule has 2 aromatic rings. The first-order chi connectivity index (χ1) is 11.2. The second-order valence-corrected chi connectivity index (χ2v) is 6.08. The van der Waals surface area contributed by atoms with Crippen LogP contribution in [0.5, 0.6) is 0 Å². The standard InChI is InChI=1S/C17H19ClN2O3/c18-12-6-4-11(5-7-12)15(10-21)20-17(22)19-14-2-1-3-16-13(14)8-9-23-16/h4-9,14-15,21H,1-3,10H2,(H2,19,20,22). The second-order valence-electron chi connectivity index (χ2n) is 5.65. The summed E-state index contributed by atoms with van der Waals surface area (Å²) in [6.07, 6.45) is 4.43. The van der Waals surface area contributed by atoms with Gasteiger partial charge in [0.2, 0.25) is 0 Å². The highest BCUT2D eigenvalue weighted by Crippen LogP contribution is 2.30. The van der Waals surface area contributed by atoms with E-state index >= 15 is 0 Å². The predicted molar refractivity (Wildman–Crippen MR) is 87.3 cm³/mol. The summed E-state index contributed by atoms with van der Waals surface area (Å²) in [5.41, 5.74) is 1.85. The van der Waals surface area contributed by atoms with E-state index in [-0.39, 0.29) is 18.7 Å². The molecule has 5 nitrogen and oxygen atoms in total. The maximum Gasteiger partial charge on any atom is 0.315 e. The molecule has 23 heavy (non-hydrogen) atoms. The highest BCUT2D eigenvalue weighted by atomic mass is 35.5. The molecule has 0 saturated heterocycles. The molecule has 1 heterocycles. The number of carbonyl (C=O) groups excluding carboxylic acids is 1. The van der Waals surface area contributed by atoms with Crippen LogP contribution in [0.15, 0.2) is 41.0 Å². The molecule has 1 aliphatic carbocycles. The molecule has 0 bridgehead atoms. The number of aliphatic hydroxyl groups excluding tert-OH is 1. The van der Waals surface area contributed by atoms with E-state index in [2.05, 4.69) is 10.6 Å². The third-order valence-electron chi connectivity index (χ3n) is 4.12. The molecule has 2 amide bonds. The van der Waals surface area contributed by atoms with Crippen molar-refractivity contribution in [2.75, 3.05) is 6.61 Å². The zero-order valence-electron chi connectivity index (χ0n) is 12.6. The van der Waals surface area contributed by atoms with Gasteiger partial charge in [0, 0.05) is 17.0 Å². The number of hydrogen-bond acceptors (Lipinski definition) is 3. The Morgan fingerprint density at radius 2 is 2.13 bits per heavy atom. The van der Waals surface area contributed by atoms with Crippen molar-refractivity contribution in [2.45, 2.75) is 31.3 Å². The lowest BCUT2D eigenvalue weighted by atomic mass is 9.93. The Morgan fingerprint density at radius 1 is 1.35 bits per heavy atom. The number of carbonyl (C=O) groups is 1. The number of nitrogens with one attached hydrogen (secondary N) is 2. The van der Waals surface area contributed by atoms with Crippen molar-refractivity contribution in [3.63, 3.8) is 0 Å². The number of furan rings is 1. The molecule has 3 rings (SSSR count). The third kappa shape index (κ3) is 3.68. The van der Waals surface area contributed by atoms with Gasteiger partial charge in [-0.2, -0.15) is 0 Å². The van der Waals surface area contributed by atoms with Crippen LogP contribution in [-0.4, -0.2) is 17.7 Å². The van der Waals surface area contributed by atoms with Crippen LogP contribution in [0, 0.1) is 0 Å². The molecule has 1 aliphatic rings. The minimum Gasteiger partial charge on any atom is -0.469 e. The Bertz CT molecular complexity index is 669. The van der Waals surface area contributed by atoms with Crippen molar-refractivity contribution >= 4 is 17.6 Å². The van der Waals surface area contributed by atoms with Gasteiger partial charge in [0.1, 0.15) is 5.76 Å².